The lowest BCUT2D eigenvalue weighted by molar-refractivity contribution is 0.284. The van der Waals surface area contributed by atoms with Crippen LogP contribution < -0.4 is 4.74 Å². The van der Waals surface area contributed by atoms with E-state index in [-0.39, 0.29) is 0 Å². The maximum atomic E-state index is 6.23. The van der Waals surface area contributed by atoms with Crippen molar-refractivity contribution < 1.29 is 4.74 Å². The largest absolute Gasteiger partial charge is 0.491 e. The number of piperidine rings is 1. The predicted molar refractivity (Wildman–Crippen MR) is 89.3 cm³/mol. The summed E-state index contributed by atoms with van der Waals surface area (Å²) in [5.41, 5.74) is 0.896. The van der Waals surface area contributed by atoms with Gasteiger partial charge < -0.3 is 9.64 Å². The lowest BCUT2D eigenvalue weighted by atomic mass is 9.99. The van der Waals surface area contributed by atoms with Crippen LogP contribution in [-0.2, 0) is 0 Å². The van der Waals surface area contributed by atoms with Crippen molar-refractivity contribution in [1.82, 2.24) is 4.90 Å². The first kappa shape index (κ1) is 15.9. The van der Waals surface area contributed by atoms with Crippen LogP contribution in [0.1, 0.15) is 32.3 Å². The van der Waals surface area contributed by atoms with Gasteiger partial charge in [0, 0.05) is 18.7 Å². The van der Waals surface area contributed by atoms with Crippen molar-refractivity contribution in [1.29, 1.82) is 0 Å². The van der Waals surface area contributed by atoms with Gasteiger partial charge in [-0.25, -0.2) is 0 Å². The van der Waals surface area contributed by atoms with Crippen LogP contribution in [0.2, 0.25) is 10.0 Å². The number of hydrogen-bond donors (Lipinski definition) is 0. The molecular formula is C15H19Cl2NOS. The average Bonchev–Trinajstić information content (AvgIpc) is 2.42. The highest BCUT2D eigenvalue weighted by Gasteiger charge is 2.20. The zero-order valence-corrected chi connectivity index (χ0v) is 14.1. The Hall–Kier alpha value is -0.510. The third-order valence-corrected chi connectivity index (χ3v) is 4.66. The summed E-state index contributed by atoms with van der Waals surface area (Å²) in [6.07, 6.45) is 2.36. The second-order valence-corrected chi connectivity index (χ2v) is 6.38. The van der Waals surface area contributed by atoms with E-state index in [4.69, 9.17) is 40.2 Å². The Kier molecular flexibility index (Phi) is 5.53. The van der Waals surface area contributed by atoms with Gasteiger partial charge in [-0.3, -0.25) is 0 Å². The molecule has 0 aromatic heterocycles. The molecule has 0 atom stereocenters. The molecule has 0 unspecified atom stereocenters. The summed E-state index contributed by atoms with van der Waals surface area (Å²) in [6, 6.07) is 3.69. The quantitative estimate of drug-likeness (QED) is 0.738. The number of hydrogen-bond acceptors (Lipinski definition) is 2. The topological polar surface area (TPSA) is 12.5 Å². The summed E-state index contributed by atoms with van der Waals surface area (Å²) < 4.78 is 5.44. The lowest BCUT2D eigenvalue weighted by Gasteiger charge is -2.32. The molecular weight excluding hydrogens is 313 g/mol. The molecule has 1 aromatic carbocycles. The van der Waals surface area contributed by atoms with Gasteiger partial charge in [0.2, 0.25) is 0 Å². The highest BCUT2D eigenvalue weighted by atomic mass is 35.5. The van der Waals surface area contributed by atoms with E-state index in [9.17, 15) is 0 Å². The van der Waals surface area contributed by atoms with E-state index < -0.39 is 0 Å². The third-order valence-electron chi connectivity index (χ3n) is 3.60. The van der Waals surface area contributed by atoms with E-state index in [1.54, 1.807) is 0 Å². The Morgan fingerprint density at radius 2 is 1.85 bits per heavy atom. The van der Waals surface area contributed by atoms with Gasteiger partial charge in [0.1, 0.15) is 4.99 Å². The summed E-state index contributed by atoms with van der Waals surface area (Å²) >= 11 is 18.0. The van der Waals surface area contributed by atoms with Gasteiger partial charge in [-0.05, 0) is 37.8 Å². The van der Waals surface area contributed by atoms with E-state index in [1.807, 2.05) is 19.1 Å². The van der Waals surface area contributed by atoms with Crippen molar-refractivity contribution in [2.24, 2.45) is 5.92 Å². The van der Waals surface area contributed by atoms with E-state index in [1.165, 1.54) is 12.8 Å². The standard InChI is InChI=1S/C15H19Cl2NOS/c1-3-19-14-12(16)8-11(9-13(14)17)15(20)18-6-4-10(2)5-7-18/h8-10H,3-7H2,1-2H3. The summed E-state index contributed by atoms with van der Waals surface area (Å²) in [6.45, 7) is 6.73. The number of likely N-dealkylation sites (tertiary alicyclic amines) is 1. The molecule has 0 spiro atoms. The second kappa shape index (κ2) is 6.97. The minimum atomic E-state index is 0.516. The van der Waals surface area contributed by atoms with Gasteiger partial charge in [-0.2, -0.15) is 0 Å². The molecule has 1 heterocycles. The Bertz CT molecular complexity index is 476. The van der Waals surface area contributed by atoms with E-state index in [2.05, 4.69) is 11.8 Å². The van der Waals surface area contributed by atoms with Crippen molar-refractivity contribution in [2.45, 2.75) is 26.7 Å². The maximum absolute atomic E-state index is 6.23. The predicted octanol–water partition coefficient (Wildman–Crippen LogP) is 4.80. The number of benzene rings is 1. The smallest absolute Gasteiger partial charge is 0.156 e. The summed E-state index contributed by atoms with van der Waals surface area (Å²) in [5, 5.41) is 1.03. The van der Waals surface area contributed by atoms with Crippen molar-refractivity contribution in [3.05, 3.63) is 27.7 Å². The molecule has 1 aromatic rings. The minimum absolute atomic E-state index is 0.516. The SMILES string of the molecule is CCOc1c(Cl)cc(C(=S)N2CCC(C)CC2)cc1Cl. The van der Waals surface area contributed by atoms with Crippen LogP contribution in [0.5, 0.6) is 5.75 Å². The first-order valence-electron chi connectivity index (χ1n) is 6.94. The van der Waals surface area contributed by atoms with Crippen LogP contribution in [0.25, 0.3) is 0 Å². The van der Waals surface area contributed by atoms with Crippen molar-refractivity contribution in [3.63, 3.8) is 0 Å². The summed E-state index contributed by atoms with van der Waals surface area (Å²) in [5.74, 6) is 1.32. The number of rotatable bonds is 3. The minimum Gasteiger partial charge on any atom is -0.491 e. The first-order valence-corrected chi connectivity index (χ1v) is 8.10. The molecule has 5 heteroatoms. The van der Waals surface area contributed by atoms with Gasteiger partial charge in [-0.1, -0.05) is 42.3 Å². The molecule has 0 radical (unpaired) electrons. The summed E-state index contributed by atoms with van der Waals surface area (Å²) in [7, 11) is 0. The van der Waals surface area contributed by atoms with Gasteiger partial charge in [0.25, 0.3) is 0 Å². The fourth-order valence-electron chi connectivity index (χ4n) is 2.36. The molecule has 0 saturated carbocycles. The monoisotopic (exact) mass is 331 g/mol. The zero-order valence-electron chi connectivity index (χ0n) is 11.8. The Morgan fingerprint density at radius 3 is 2.35 bits per heavy atom. The van der Waals surface area contributed by atoms with Crippen LogP contribution in [0, 0.1) is 5.92 Å². The van der Waals surface area contributed by atoms with E-state index in [0.29, 0.717) is 22.4 Å². The number of ether oxygens (including phenoxy) is 1. The zero-order chi connectivity index (χ0) is 14.7. The van der Waals surface area contributed by atoms with Crippen LogP contribution in [0.15, 0.2) is 12.1 Å². The van der Waals surface area contributed by atoms with Crippen LogP contribution in [0.3, 0.4) is 0 Å². The van der Waals surface area contributed by atoms with Crippen LogP contribution >= 0.6 is 35.4 Å². The van der Waals surface area contributed by atoms with Gasteiger partial charge in [-0.15, -0.1) is 0 Å². The van der Waals surface area contributed by atoms with Crippen molar-refractivity contribution in [3.8, 4) is 5.75 Å². The molecule has 1 saturated heterocycles. The molecule has 1 aliphatic rings. The first-order chi connectivity index (χ1) is 9.52. The molecule has 0 N–H and O–H groups in total. The molecule has 110 valence electrons. The molecule has 0 aliphatic carbocycles. The van der Waals surface area contributed by atoms with Crippen molar-refractivity contribution in [2.75, 3.05) is 19.7 Å². The van der Waals surface area contributed by atoms with Crippen molar-refractivity contribution >= 4 is 40.4 Å². The fraction of sp³-hybridized carbons (Fsp3) is 0.533. The molecule has 1 fully saturated rings. The fourth-order valence-corrected chi connectivity index (χ4v) is 3.26. The molecule has 20 heavy (non-hydrogen) atoms. The Morgan fingerprint density at radius 1 is 1.30 bits per heavy atom. The number of thiocarbonyl (C=S) groups is 1. The van der Waals surface area contributed by atoms with E-state index >= 15 is 0 Å². The third kappa shape index (κ3) is 3.57. The highest BCUT2D eigenvalue weighted by Crippen LogP contribution is 2.35. The van der Waals surface area contributed by atoms with Gasteiger partial charge in [0.15, 0.2) is 5.75 Å². The molecule has 2 rings (SSSR count). The van der Waals surface area contributed by atoms with Crippen LogP contribution in [0.4, 0.5) is 0 Å². The number of halogens is 2. The molecule has 0 bridgehead atoms. The van der Waals surface area contributed by atoms with Gasteiger partial charge >= 0.3 is 0 Å². The highest BCUT2D eigenvalue weighted by molar-refractivity contribution is 7.80. The normalized spacial score (nSPS) is 16.3. The second-order valence-electron chi connectivity index (χ2n) is 5.18. The number of nitrogens with zero attached hydrogens (tertiary/aromatic N) is 1. The molecule has 1 aliphatic heterocycles. The maximum Gasteiger partial charge on any atom is 0.156 e. The van der Waals surface area contributed by atoms with Gasteiger partial charge in [0.05, 0.1) is 16.7 Å². The average molecular weight is 332 g/mol. The molecule has 0 amide bonds. The summed E-state index contributed by atoms with van der Waals surface area (Å²) in [4.78, 5) is 3.06. The Labute approximate surface area is 136 Å². The Balaban J connectivity index is 2.18. The van der Waals surface area contributed by atoms with E-state index in [0.717, 1.165) is 29.6 Å². The lowest BCUT2D eigenvalue weighted by Crippen LogP contribution is -2.37. The van der Waals surface area contributed by atoms with Crippen LogP contribution in [-0.4, -0.2) is 29.6 Å². The molecule has 2 nitrogen and oxygen atoms in total.